The van der Waals surface area contributed by atoms with Crippen LogP contribution in [-0.2, 0) is 12.0 Å². The topological polar surface area (TPSA) is 43.0 Å². The van der Waals surface area contributed by atoms with Crippen LogP contribution in [0.1, 0.15) is 23.1 Å². The van der Waals surface area contributed by atoms with Gasteiger partial charge in [0.1, 0.15) is 24.0 Å². The molecule has 1 unspecified atom stereocenters. The lowest BCUT2D eigenvalue weighted by molar-refractivity contribution is 0.173. The van der Waals surface area contributed by atoms with Gasteiger partial charge in [-0.2, -0.15) is 0 Å². The molecule has 0 fully saturated rings. The first-order valence-electron chi connectivity index (χ1n) is 11.2. The molecule has 33 heavy (non-hydrogen) atoms. The Bertz CT molecular complexity index is 1200. The summed E-state index contributed by atoms with van der Waals surface area (Å²) in [6.07, 6.45) is 0.900. The average molecular weight is 450 g/mol. The Labute approximate surface area is 190 Å². The first kappa shape index (κ1) is 20.3. The summed E-state index contributed by atoms with van der Waals surface area (Å²) in [4.78, 5) is 2.40. The molecule has 3 aliphatic heterocycles. The molecule has 0 amide bonds. The van der Waals surface area contributed by atoms with Gasteiger partial charge in [0.15, 0.2) is 11.5 Å². The highest BCUT2D eigenvalue weighted by Gasteiger charge is 2.50. The molecule has 0 saturated heterocycles. The van der Waals surface area contributed by atoms with E-state index in [1.165, 1.54) is 23.4 Å². The Balaban J connectivity index is 1.16. The van der Waals surface area contributed by atoms with E-state index in [1.807, 2.05) is 6.07 Å². The van der Waals surface area contributed by atoms with Gasteiger partial charge in [0.25, 0.3) is 0 Å². The Kier molecular flexibility index (Phi) is 4.87. The maximum atomic E-state index is 13.4. The number of nitrogens with one attached hydrogen (secondary N) is 1. The average Bonchev–Trinajstić information content (AvgIpc) is 3.49. The molecule has 0 aromatic heterocycles. The van der Waals surface area contributed by atoms with Crippen LogP contribution in [0.5, 0.6) is 17.2 Å². The van der Waals surface area contributed by atoms with Crippen LogP contribution in [0.2, 0.25) is 0 Å². The Morgan fingerprint density at radius 1 is 0.879 bits per heavy atom. The van der Waals surface area contributed by atoms with E-state index in [0.29, 0.717) is 18.7 Å². The number of hydrogen-bond acceptors (Lipinski definition) is 5. The summed E-state index contributed by atoms with van der Waals surface area (Å²) in [6, 6.07) is 16.1. The SMILES string of the molecule is Fc1cc(F)cc(CNCCCN2CC3(COc4cc5c(cc43)OCO5)c3ccccc32)c1. The molecule has 7 heteroatoms. The Morgan fingerprint density at radius 2 is 1.67 bits per heavy atom. The number of fused-ring (bicyclic) bond motifs is 5. The zero-order chi connectivity index (χ0) is 22.4. The lowest BCUT2D eigenvalue weighted by Crippen LogP contribution is -2.37. The molecule has 3 aromatic rings. The second kappa shape index (κ2) is 7.92. The van der Waals surface area contributed by atoms with Crippen LogP contribution < -0.4 is 24.4 Å². The fourth-order valence-electron chi connectivity index (χ4n) is 5.24. The molecule has 3 heterocycles. The van der Waals surface area contributed by atoms with E-state index in [-0.39, 0.29) is 12.2 Å². The monoisotopic (exact) mass is 450 g/mol. The molecule has 0 aliphatic carbocycles. The first-order valence-corrected chi connectivity index (χ1v) is 11.2. The Morgan fingerprint density at radius 3 is 2.52 bits per heavy atom. The van der Waals surface area contributed by atoms with E-state index in [4.69, 9.17) is 14.2 Å². The zero-order valence-corrected chi connectivity index (χ0v) is 18.1. The molecule has 1 atom stereocenters. The molecule has 0 bridgehead atoms. The molecular formula is C26H24F2N2O3. The van der Waals surface area contributed by atoms with Gasteiger partial charge in [-0.05, 0) is 48.4 Å². The molecule has 6 rings (SSSR count). The van der Waals surface area contributed by atoms with E-state index in [2.05, 4.69) is 40.5 Å². The fourth-order valence-corrected chi connectivity index (χ4v) is 5.24. The number of nitrogens with zero attached hydrogens (tertiary/aromatic N) is 1. The van der Waals surface area contributed by atoms with Gasteiger partial charge < -0.3 is 24.4 Å². The van der Waals surface area contributed by atoms with Crippen molar-refractivity contribution in [2.45, 2.75) is 18.4 Å². The maximum absolute atomic E-state index is 13.4. The van der Waals surface area contributed by atoms with Gasteiger partial charge in [-0.15, -0.1) is 0 Å². The largest absolute Gasteiger partial charge is 0.492 e. The van der Waals surface area contributed by atoms with E-state index in [9.17, 15) is 8.78 Å². The summed E-state index contributed by atoms with van der Waals surface area (Å²) in [7, 11) is 0. The molecule has 5 nitrogen and oxygen atoms in total. The minimum Gasteiger partial charge on any atom is -0.492 e. The number of anilines is 1. The number of ether oxygens (including phenoxy) is 3. The number of hydrogen-bond donors (Lipinski definition) is 1. The van der Waals surface area contributed by atoms with E-state index < -0.39 is 11.6 Å². The highest BCUT2D eigenvalue weighted by molar-refractivity contribution is 5.70. The van der Waals surface area contributed by atoms with Crippen LogP contribution in [0.3, 0.4) is 0 Å². The lowest BCUT2D eigenvalue weighted by atomic mass is 9.77. The molecule has 1 spiro atoms. The van der Waals surface area contributed by atoms with Crippen LogP contribution in [0.25, 0.3) is 0 Å². The van der Waals surface area contributed by atoms with Crippen molar-refractivity contribution < 1.29 is 23.0 Å². The summed E-state index contributed by atoms with van der Waals surface area (Å²) in [5.74, 6) is 1.27. The van der Waals surface area contributed by atoms with E-state index in [1.54, 1.807) is 0 Å². The predicted molar refractivity (Wildman–Crippen MR) is 120 cm³/mol. The number of para-hydroxylation sites is 1. The zero-order valence-electron chi connectivity index (χ0n) is 18.1. The van der Waals surface area contributed by atoms with Crippen molar-refractivity contribution >= 4 is 5.69 Å². The Hall–Kier alpha value is -3.32. The van der Waals surface area contributed by atoms with Crippen molar-refractivity contribution in [3.63, 3.8) is 0 Å². The quantitative estimate of drug-likeness (QED) is 0.565. The number of halogens is 2. The number of benzene rings is 3. The highest BCUT2D eigenvalue weighted by atomic mass is 19.1. The summed E-state index contributed by atoms with van der Waals surface area (Å²) >= 11 is 0. The van der Waals surface area contributed by atoms with Gasteiger partial charge in [-0.1, -0.05) is 18.2 Å². The van der Waals surface area contributed by atoms with Crippen LogP contribution in [0.4, 0.5) is 14.5 Å². The summed E-state index contributed by atoms with van der Waals surface area (Å²) < 4.78 is 44.1. The van der Waals surface area contributed by atoms with Crippen molar-refractivity contribution in [2.24, 2.45) is 0 Å². The smallest absolute Gasteiger partial charge is 0.231 e. The molecule has 0 saturated carbocycles. The highest BCUT2D eigenvalue weighted by Crippen LogP contribution is 2.54. The van der Waals surface area contributed by atoms with Crippen molar-refractivity contribution in [2.75, 3.05) is 37.9 Å². The third kappa shape index (κ3) is 3.47. The third-order valence-electron chi connectivity index (χ3n) is 6.72. The van der Waals surface area contributed by atoms with Gasteiger partial charge in [0.05, 0.1) is 5.41 Å². The van der Waals surface area contributed by atoms with Gasteiger partial charge in [-0.3, -0.25) is 0 Å². The molecule has 1 N–H and O–H groups in total. The minimum atomic E-state index is -0.549. The summed E-state index contributed by atoms with van der Waals surface area (Å²) in [5.41, 5.74) is 4.01. The van der Waals surface area contributed by atoms with Gasteiger partial charge in [0.2, 0.25) is 6.79 Å². The standard InChI is InChI=1S/C26H24F2N2O3/c27-18-8-17(9-19(28)10-18)13-29-6-3-7-30-14-26(20-4-1-2-5-22(20)30)15-31-23-12-25-24(11-21(23)26)32-16-33-25/h1-2,4-5,8-12,29H,3,6-7,13-16H2. The van der Waals surface area contributed by atoms with Crippen molar-refractivity contribution in [3.05, 3.63) is 82.9 Å². The second-order valence-electron chi connectivity index (χ2n) is 8.82. The van der Waals surface area contributed by atoms with Crippen LogP contribution in [0.15, 0.2) is 54.6 Å². The van der Waals surface area contributed by atoms with Crippen LogP contribution >= 0.6 is 0 Å². The van der Waals surface area contributed by atoms with Crippen LogP contribution in [-0.4, -0.2) is 33.0 Å². The molecular weight excluding hydrogens is 426 g/mol. The van der Waals surface area contributed by atoms with Crippen molar-refractivity contribution in [3.8, 4) is 17.2 Å². The molecule has 3 aromatic carbocycles. The van der Waals surface area contributed by atoms with E-state index >= 15 is 0 Å². The second-order valence-corrected chi connectivity index (χ2v) is 8.82. The summed E-state index contributed by atoms with van der Waals surface area (Å²) in [5, 5.41) is 3.29. The normalized spacial score (nSPS) is 19.6. The van der Waals surface area contributed by atoms with E-state index in [0.717, 1.165) is 54.9 Å². The third-order valence-corrected chi connectivity index (χ3v) is 6.72. The van der Waals surface area contributed by atoms with Gasteiger partial charge in [-0.25, -0.2) is 8.78 Å². The molecule has 0 radical (unpaired) electrons. The first-order chi connectivity index (χ1) is 16.1. The minimum absolute atomic E-state index is 0.237. The maximum Gasteiger partial charge on any atom is 0.231 e. The van der Waals surface area contributed by atoms with Crippen molar-refractivity contribution in [1.82, 2.24) is 5.32 Å². The molecule has 3 aliphatic rings. The number of rotatable bonds is 6. The predicted octanol–water partition coefficient (Wildman–Crippen LogP) is 4.37. The molecule has 170 valence electrons. The summed E-state index contributed by atoms with van der Waals surface area (Å²) in [6.45, 7) is 3.70. The fraction of sp³-hybridized carbons (Fsp3) is 0.308. The van der Waals surface area contributed by atoms with Crippen molar-refractivity contribution in [1.29, 1.82) is 0 Å². The van der Waals surface area contributed by atoms with Crippen LogP contribution in [0, 0.1) is 11.6 Å². The lowest BCUT2D eigenvalue weighted by Gasteiger charge is -2.25. The van der Waals surface area contributed by atoms with Gasteiger partial charge >= 0.3 is 0 Å². The van der Waals surface area contributed by atoms with Gasteiger partial charge in [0, 0.05) is 43.0 Å².